The standard InChI is InChI=1S/C11H18N4O/c1-14-6-4-10(13-14)9-3-2-5-15(8-9)11(16)7-12/h4,6,9H,2-3,5,7-8,12H2,1H3. The van der Waals surface area contributed by atoms with Crippen molar-refractivity contribution >= 4 is 5.91 Å². The molecule has 5 heteroatoms. The Bertz CT molecular complexity index is 374. The van der Waals surface area contributed by atoms with Gasteiger partial charge in [0.05, 0.1) is 12.2 Å². The number of carbonyl (C=O) groups excluding carboxylic acids is 1. The van der Waals surface area contributed by atoms with Crippen molar-refractivity contribution in [2.24, 2.45) is 12.8 Å². The molecule has 2 rings (SSSR count). The highest BCUT2D eigenvalue weighted by molar-refractivity contribution is 5.78. The molecule has 0 bridgehead atoms. The molecule has 0 radical (unpaired) electrons. The van der Waals surface area contributed by atoms with Crippen molar-refractivity contribution in [3.05, 3.63) is 18.0 Å². The zero-order valence-corrected chi connectivity index (χ0v) is 9.59. The second-order valence-electron chi connectivity index (χ2n) is 4.30. The lowest BCUT2D eigenvalue weighted by atomic mass is 9.95. The van der Waals surface area contributed by atoms with Crippen LogP contribution in [0, 0.1) is 0 Å². The Balaban J connectivity index is 2.04. The Morgan fingerprint density at radius 3 is 3.12 bits per heavy atom. The van der Waals surface area contributed by atoms with Crippen molar-refractivity contribution in [2.45, 2.75) is 18.8 Å². The molecule has 1 atom stereocenters. The molecule has 2 N–H and O–H groups in total. The minimum absolute atomic E-state index is 0.0423. The van der Waals surface area contributed by atoms with E-state index in [9.17, 15) is 4.79 Å². The highest BCUT2D eigenvalue weighted by atomic mass is 16.2. The maximum atomic E-state index is 11.5. The lowest BCUT2D eigenvalue weighted by molar-refractivity contribution is -0.130. The topological polar surface area (TPSA) is 64.2 Å². The van der Waals surface area contributed by atoms with Gasteiger partial charge in [-0.3, -0.25) is 9.48 Å². The number of amides is 1. The Morgan fingerprint density at radius 1 is 1.69 bits per heavy atom. The van der Waals surface area contributed by atoms with Crippen LogP contribution in [0.3, 0.4) is 0 Å². The molecule has 0 saturated carbocycles. The van der Waals surface area contributed by atoms with Crippen LogP contribution in [0.2, 0.25) is 0 Å². The minimum Gasteiger partial charge on any atom is -0.341 e. The molecule has 0 aliphatic carbocycles. The van der Waals surface area contributed by atoms with Crippen molar-refractivity contribution in [1.29, 1.82) is 0 Å². The molecule has 16 heavy (non-hydrogen) atoms. The summed E-state index contributed by atoms with van der Waals surface area (Å²) in [6.45, 7) is 1.70. The van der Waals surface area contributed by atoms with E-state index in [4.69, 9.17) is 5.73 Å². The van der Waals surface area contributed by atoms with Crippen LogP contribution in [0.4, 0.5) is 0 Å². The number of hydrogen-bond donors (Lipinski definition) is 1. The fourth-order valence-electron chi connectivity index (χ4n) is 2.22. The summed E-state index contributed by atoms with van der Waals surface area (Å²) < 4.78 is 1.80. The molecule has 0 aromatic carbocycles. The number of piperidine rings is 1. The summed E-state index contributed by atoms with van der Waals surface area (Å²) in [5, 5.41) is 4.40. The van der Waals surface area contributed by atoms with Crippen LogP contribution in [-0.4, -0.2) is 40.2 Å². The second-order valence-corrected chi connectivity index (χ2v) is 4.30. The van der Waals surface area contributed by atoms with Crippen molar-refractivity contribution in [2.75, 3.05) is 19.6 Å². The minimum atomic E-state index is 0.0423. The van der Waals surface area contributed by atoms with Gasteiger partial charge in [0.2, 0.25) is 5.91 Å². The quantitative estimate of drug-likeness (QED) is 0.771. The van der Waals surface area contributed by atoms with E-state index in [0.29, 0.717) is 5.92 Å². The molecule has 0 spiro atoms. The number of carbonyl (C=O) groups is 1. The maximum absolute atomic E-state index is 11.5. The molecule has 1 aromatic heterocycles. The molecule has 1 unspecified atom stereocenters. The van der Waals surface area contributed by atoms with Gasteiger partial charge in [0.1, 0.15) is 0 Å². The van der Waals surface area contributed by atoms with Gasteiger partial charge < -0.3 is 10.6 Å². The Hall–Kier alpha value is -1.36. The molecule has 1 saturated heterocycles. The van der Waals surface area contributed by atoms with Crippen molar-refractivity contribution < 1.29 is 4.79 Å². The molecule has 2 heterocycles. The summed E-state index contributed by atoms with van der Waals surface area (Å²) in [7, 11) is 1.91. The van der Waals surface area contributed by atoms with Crippen molar-refractivity contribution in [1.82, 2.24) is 14.7 Å². The third-order valence-corrected chi connectivity index (χ3v) is 3.10. The van der Waals surface area contributed by atoms with Crippen LogP contribution in [0.15, 0.2) is 12.3 Å². The monoisotopic (exact) mass is 222 g/mol. The number of aryl methyl sites for hydroxylation is 1. The summed E-state index contributed by atoms with van der Waals surface area (Å²) in [4.78, 5) is 13.4. The number of nitrogens with zero attached hydrogens (tertiary/aromatic N) is 3. The highest BCUT2D eigenvalue weighted by Crippen LogP contribution is 2.25. The van der Waals surface area contributed by atoms with Gasteiger partial charge in [-0.05, 0) is 18.9 Å². The summed E-state index contributed by atoms with van der Waals surface area (Å²) in [5.41, 5.74) is 6.46. The SMILES string of the molecule is Cn1ccc(C2CCCN(C(=O)CN)C2)n1. The van der Waals surface area contributed by atoms with E-state index in [1.54, 1.807) is 4.68 Å². The van der Waals surface area contributed by atoms with Crippen LogP contribution in [0.1, 0.15) is 24.5 Å². The zero-order valence-electron chi connectivity index (χ0n) is 9.59. The fraction of sp³-hybridized carbons (Fsp3) is 0.636. The predicted molar refractivity (Wildman–Crippen MR) is 60.8 cm³/mol. The summed E-state index contributed by atoms with van der Waals surface area (Å²) in [6.07, 6.45) is 4.08. The summed E-state index contributed by atoms with van der Waals surface area (Å²) >= 11 is 0. The molecule has 1 fully saturated rings. The van der Waals surface area contributed by atoms with Gasteiger partial charge in [0.25, 0.3) is 0 Å². The first-order chi connectivity index (χ1) is 7.70. The van der Waals surface area contributed by atoms with Gasteiger partial charge in [-0.25, -0.2) is 0 Å². The molecule has 1 aliphatic rings. The van der Waals surface area contributed by atoms with E-state index >= 15 is 0 Å². The summed E-state index contributed by atoms with van der Waals surface area (Å²) in [5.74, 6) is 0.408. The van der Waals surface area contributed by atoms with Gasteiger partial charge in [0.15, 0.2) is 0 Å². The molecule has 1 aliphatic heterocycles. The lowest BCUT2D eigenvalue weighted by Gasteiger charge is -2.31. The Labute approximate surface area is 95.2 Å². The second kappa shape index (κ2) is 4.65. The molecule has 1 amide bonds. The van der Waals surface area contributed by atoms with Crippen molar-refractivity contribution in [3.63, 3.8) is 0 Å². The first kappa shape index (κ1) is 11.1. The van der Waals surface area contributed by atoms with Gasteiger partial charge in [0, 0.05) is 32.3 Å². The number of nitrogens with two attached hydrogens (primary N) is 1. The molecular formula is C11H18N4O. The van der Waals surface area contributed by atoms with E-state index < -0.39 is 0 Å². The van der Waals surface area contributed by atoms with Crippen LogP contribution in [0.5, 0.6) is 0 Å². The van der Waals surface area contributed by atoms with Crippen LogP contribution in [0.25, 0.3) is 0 Å². The van der Waals surface area contributed by atoms with E-state index in [2.05, 4.69) is 5.10 Å². The van der Waals surface area contributed by atoms with Gasteiger partial charge in [-0.1, -0.05) is 0 Å². The van der Waals surface area contributed by atoms with E-state index in [1.807, 2.05) is 24.2 Å². The summed E-state index contributed by atoms with van der Waals surface area (Å²) in [6, 6.07) is 2.03. The largest absolute Gasteiger partial charge is 0.341 e. The first-order valence-electron chi connectivity index (χ1n) is 5.68. The third-order valence-electron chi connectivity index (χ3n) is 3.10. The number of rotatable bonds is 2. The van der Waals surface area contributed by atoms with Gasteiger partial charge >= 0.3 is 0 Å². The highest BCUT2D eigenvalue weighted by Gasteiger charge is 2.25. The molecule has 5 nitrogen and oxygen atoms in total. The van der Waals surface area contributed by atoms with Crippen molar-refractivity contribution in [3.8, 4) is 0 Å². The van der Waals surface area contributed by atoms with E-state index in [0.717, 1.165) is 31.6 Å². The smallest absolute Gasteiger partial charge is 0.236 e. The zero-order chi connectivity index (χ0) is 11.5. The Morgan fingerprint density at radius 2 is 2.50 bits per heavy atom. The predicted octanol–water partition coefficient (Wildman–Crippen LogP) is 0.0848. The van der Waals surface area contributed by atoms with Crippen LogP contribution < -0.4 is 5.73 Å². The number of likely N-dealkylation sites (tertiary alicyclic amines) is 1. The Kier molecular flexibility index (Phi) is 3.24. The fourth-order valence-corrected chi connectivity index (χ4v) is 2.22. The molecular weight excluding hydrogens is 204 g/mol. The third kappa shape index (κ3) is 2.24. The van der Waals surface area contributed by atoms with Crippen LogP contribution >= 0.6 is 0 Å². The van der Waals surface area contributed by atoms with Crippen LogP contribution in [-0.2, 0) is 11.8 Å². The molecule has 1 aromatic rings. The number of hydrogen-bond acceptors (Lipinski definition) is 3. The number of aromatic nitrogens is 2. The molecule has 88 valence electrons. The van der Waals surface area contributed by atoms with E-state index in [-0.39, 0.29) is 12.5 Å². The van der Waals surface area contributed by atoms with Gasteiger partial charge in [-0.15, -0.1) is 0 Å². The average molecular weight is 222 g/mol. The normalized spacial score (nSPS) is 21.1. The van der Waals surface area contributed by atoms with E-state index in [1.165, 1.54) is 0 Å². The first-order valence-corrected chi connectivity index (χ1v) is 5.68. The van der Waals surface area contributed by atoms with Gasteiger partial charge in [-0.2, -0.15) is 5.10 Å². The lowest BCUT2D eigenvalue weighted by Crippen LogP contribution is -2.42. The maximum Gasteiger partial charge on any atom is 0.236 e. The average Bonchev–Trinajstić information content (AvgIpc) is 2.75.